The van der Waals surface area contributed by atoms with Crippen LogP contribution < -0.4 is 9.47 Å². The Kier molecular flexibility index (Phi) is 6.19. The zero-order valence-corrected chi connectivity index (χ0v) is 20.4. The number of benzene rings is 2. The number of aryl methyl sites for hydroxylation is 1. The van der Waals surface area contributed by atoms with Gasteiger partial charge in [0.1, 0.15) is 23.1 Å². The van der Waals surface area contributed by atoms with Gasteiger partial charge in [0.05, 0.1) is 18.4 Å². The van der Waals surface area contributed by atoms with Crippen molar-refractivity contribution in [3.8, 4) is 17.2 Å². The van der Waals surface area contributed by atoms with E-state index in [1.165, 1.54) is 16.8 Å². The van der Waals surface area contributed by atoms with Crippen LogP contribution in [0.1, 0.15) is 11.3 Å². The average molecular weight is 506 g/mol. The van der Waals surface area contributed by atoms with Gasteiger partial charge < -0.3 is 14.0 Å². The minimum atomic E-state index is -0.504. The van der Waals surface area contributed by atoms with Crippen molar-refractivity contribution in [2.24, 2.45) is 10.1 Å². The standard InChI is InChI=1S/C25H20ClN5O3S/c1-15-6-3-4-8-20(15)34-14-22-29-31-23(27)18(24(32)28-25(31)35-22)13-17-7-5-11-30(17)19-12-16(26)9-10-21(19)33-2/h3-13,27H,14H2,1-2H3/b18-13+,27-23?. The molecular weight excluding hydrogens is 486 g/mol. The quantitative estimate of drug-likeness (QED) is 0.468. The Balaban J connectivity index is 1.42. The van der Waals surface area contributed by atoms with Gasteiger partial charge in [0.2, 0.25) is 5.17 Å². The second-order valence-corrected chi connectivity index (χ2v) is 9.16. The largest absolute Gasteiger partial charge is 0.495 e. The lowest BCUT2D eigenvalue weighted by molar-refractivity contribution is -0.114. The minimum absolute atomic E-state index is 0.0517. The summed E-state index contributed by atoms with van der Waals surface area (Å²) in [6, 6.07) is 16.7. The molecular formula is C25H20ClN5O3S. The van der Waals surface area contributed by atoms with E-state index in [4.69, 9.17) is 26.5 Å². The smallest absolute Gasteiger partial charge is 0.283 e. The van der Waals surface area contributed by atoms with E-state index in [0.717, 1.165) is 11.3 Å². The van der Waals surface area contributed by atoms with E-state index in [1.54, 1.807) is 31.4 Å². The van der Waals surface area contributed by atoms with Crippen LogP contribution in [0.5, 0.6) is 11.5 Å². The zero-order chi connectivity index (χ0) is 24.5. The van der Waals surface area contributed by atoms with Crippen molar-refractivity contribution in [2.75, 3.05) is 13.7 Å². The molecule has 176 valence electrons. The number of hydrogen-bond acceptors (Lipinski definition) is 6. The predicted octanol–water partition coefficient (Wildman–Crippen LogP) is 5.15. The van der Waals surface area contributed by atoms with Crippen LogP contribution in [-0.4, -0.2) is 45.2 Å². The molecule has 1 N–H and O–H groups in total. The molecule has 2 aliphatic rings. The van der Waals surface area contributed by atoms with E-state index in [-0.39, 0.29) is 18.0 Å². The number of amidine groups is 2. The summed E-state index contributed by atoms with van der Waals surface area (Å²) in [7, 11) is 1.58. The number of rotatable bonds is 6. The summed E-state index contributed by atoms with van der Waals surface area (Å²) in [6.07, 6.45) is 3.45. The second-order valence-electron chi connectivity index (χ2n) is 7.69. The molecule has 0 saturated heterocycles. The Bertz CT molecular complexity index is 1440. The number of thioether (sulfide) groups is 1. The number of halogens is 1. The fourth-order valence-corrected chi connectivity index (χ4v) is 4.64. The molecule has 1 amide bonds. The average Bonchev–Trinajstić information content (AvgIpc) is 3.48. The summed E-state index contributed by atoms with van der Waals surface area (Å²) in [5.74, 6) is 0.820. The number of carbonyl (C=O) groups is 1. The molecule has 0 fully saturated rings. The molecule has 8 nitrogen and oxygen atoms in total. The summed E-state index contributed by atoms with van der Waals surface area (Å²) in [6.45, 7) is 2.18. The van der Waals surface area contributed by atoms with Crippen LogP contribution in [-0.2, 0) is 4.79 Å². The zero-order valence-electron chi connectivity index (χ0n) is 18.9. The van der Waals surface area contributed by atoms with Crippen molar-refractivity contribution < 1.29 is 14.3 Å². The summed E-state index contributed by atoms with van der Waals surface area (Å²) in [4.78, 5) is 17.0. The van der Waals surface area contributed by atoms with E-state index in [9.17, 15) is 4.79 Å². The third-order valence-corrected chi connectivity index (χ3v) is 6.53. The maximum atomic E-state index is 12.9. The van der Waals surface area contributed by atoms with Crippen LogP contribution in [0.15, 0.2) is 76.5 Å². The molecule has 0 unspecified atom stereocenters. The van der Waals surface area contributed by atoms with Crippen molar-refractivity contribution in [3.05, 3.63) is 82.6 Å². The Morgan fingerprint density at radius 3 is 2.77 bits per heavy atom. The first-order valence-electron chi connectivity index (χ1n) is 10.6. The topological polar surface area (TPSA) is 92.3 Å². The number of nitrogens with zero attached hydrogens (tertiary/aromatic N) is 4. The summed E-state index contributed by atoms with van der Waals surface area (Å²) < 4.78 is 13.2. The number of amides is 1. The van der Waals surface area contributed by atoms with Crippen molar-refractivity contribution in [1.29, 1.82) is 5.41 Å². The molecule has 1 aromatic heterocycles. The normalized spacial score (nSPS) is 16.3. The maximum Gasteiger partial charge on any atom is 0.283 e. The molecule has 0 spiro atoms. The van der Waals surface area contributed by atoms with Gasteiger partial charge in [0.15, 0.2) is 5.84 Å². The first-order valence-corrected chi connectivity index (χ1v) is 11.8. The Morgan fingerprint density at radius 2 is 1.97 bits per heavy atom. The summed E-state index contributed by atoms with van der Waals surface area (Å²) >= 11 is 7.42. The number of hydrazone groups is 1. The van der Waals surface area contributed by atoms with Gasteiger partial charge in [0.25, 0.3) is 5.91 Å². The highest BCUT2D eigenvalue weighted by Gasteiger charge is 2.36. The third-order valence-electron chi connectivity index (χ3n) is 5.41. The number of methoxy groups -OCH3 is 1. The molecule has 0 aliphatic carbocycles. The molecule has 10 heteroatoms. The van der Waals surface area contributed by atoms with Gasteiger partial charge in [-0.2, -0.15) is 15.1 Å². The molecule has 2 aromatic carbocycles. The Labute approximate surface area is 211 Å². The van der Waals surface area contributed by atoms with Crippen LogP contribution in [0.25, 0.3) is 11.8 Å². The lowest BCUT2D eigenvalue weighted by Crippen LogP contribution is -2.35. The summed E-state index contributed by atoms with van der Waals surface area (Å²) in [5.41, 5.74) is 2.51. The van der Waals surface area contributed by atoms with Gasteiger partial charge in [-0.1, -0.05) is 29.8 Å². The van der Waals surface area contributed by atoms with E-state index in [0.29, 0.717) is 32.4 Å². The number of fused-ring (bicyclic) bond motifs is 1. The van der Waals surface area contributed by atoms with Gasteiger partial charge in [-0.05, 0) is 66.7 Å². The Morgan fingerprint density at radius 1 is 1.14 bits per heavy atom. The van der Waals surface area contributed by atoms with Crippen LogP contribution in [0.4, 0.5) is 0 Å². The molecule has 3 aromatic rings. The van der Waals surface area contributed by atoms with E-state index in [2.05, 4.69) is 10.1 Å². The second kappa shape index (κ2) is 9.44. The minimum Gasteiger partial charge on any atom is -0.495 e. The predicted molar refractivity (Wildman–Crippen MR) is 139 cm³/mol. The van der Waals surface area contributed by atoms with Gasteiger partial charge in [-0.25, -0.2) is 0 Å². The van der Waals surface area contributed by atoms with Gasteiger partial charge >= 0.3 is 0 Å². The Hall–Kier alpha value is -3.82. The molecule has 35 heavy (non-hydrogen) atoms. The van der Waals surface area contributed by atoms with E-state index in [1.807, 2.05) is 54.1 Å². The first-order chi connectivity index (χ1) is 16.9. The lowest BCUT2D eigenvalue weighted by Gasteiger charge is -2.20. The SMILES string of the molecule is COc1ccc(Cl)cc1-n1cccc1/C=C1\C(=N)N2N=C(COc3ccccc3C)SC2=NC1=O. The maximum absolute atomic E-state index is 12.9. The van der Waals surface area contributed by atoms with Gasteiger partial charge in [0, 0.05) is 16.9 Å². The highest BCUT2D eigenvalue weighted by Crippen LogP contribution is 2.31. The summed E-state index contributed by atoms with van der Waals surface area (Å²) in [5, 5.41) is 16.0. The number of hydrogen-bond donors (Lipinski definition) is 1. The molecule has 0 atom stereocenters. The highest BCUT2D eigenvalue weighted by atomic mass is 35.5. The van der Waals surface area contributed by atoms with Crippen molar-refractivity contribution >= 4 is 51.4 Å². The lowest BCUT2D eigenvalue weighted by atomic mass is 10.1. The van der Waals surface area contributed by atoms with Gasteiger partial charge in [-0.15, -0.1) is 0 Å². The van der Waals surface area contributed by atoms with E-state index >= 15 is 0 Å². The fourth-order valence-electron chi connectivity index (χ4n) is 3.68. The van der Waals surface area contributed by atoms with Gasteiger partial charge in [-0.3, -0.25) is 10.2 Å². The monoisotopic (exact) mass is 505 g/mol. The molecule has 0 bridgehead atoms. The van der Waals surface area contributed by atoms with Crippen molar-refractivity contribution in [1.82, 2.24) is 9.58 Å². The molecule has 2 aliphatic heterocycles. The third kappa shape index (κ3) is 4.48. The van der Waals surface area contributed by atoms with Crippen LogP contribution in [0, 0.1) is 12.3 Å². The number of aromatic nitrogens is 1. The van der Waals surface area contributed by atoms with Crippen molar-refractivity contribution in [3.63, 3.8) is 0 Å². The van der Waals surface area contributed by atoms with E-state index < -0.39 is 5.91 Å². The van der Waals surface area contributed by atoms with Crippen LogP contribution in [0.3, 0.4) is 0 Å². The van der Waals surface area contributed by atoms with Crippen LogP contribution >= 0.6 is 23.4 Å². The van der Waals surface area contributed by atoms with Crippen molar-refractivity contribution in [2.45, 2.75) is 6.92 Å². The highest BCUT2D eigenvalue weighted by molar-refractivity contribution is 8.27. The number of nitrogens with one attached hydrogen (secondary N) is 1. The number of para-hydroxylation sites is 1. The first kappa shape index (κ1) is 22.9. The number of aliphatic imine (C=N–C) groups is 1. The number of carbonyl (C=O) groups excluding carboxylic acids is 1. The molecule has 0 saturated carbocycles. The number of ether oxygens (including phenoxy) is 2. The fraction of sp³-hybridized carbons (Fsp3) is 0.120. The molecule has 5 rings (SSSR count). The molecule has 0 radical (unpaired) electrons. The molecule has 3 heterocycles. The van der Waals surface area contributed by atoms with Crippen LogP contribution in [0.2, 0.25) is 5.02 Å².